The van der Waals surface area contributed by atoms with Crippen LogP contribution in [0.1, 0.15) is 36.2 Å². The van der Waals surface area contributed by atoms with Crippen molar-refractivity contribution in [1.82, 2.24) is 10.3 Å². The van der Waals surface area contributed by atoms with Gasteiger partial charge in [-0.2, -0.15) is 0 Å². The van der Waals surface area contributed by atoms with E-state index >= 15 is 0 Å². The molecule has 1 saturated carbocycles. The van der Waals surface area contributed by atoms with Crippen LogP contribution in [-0.4, -0.2) is 30.6 Å². The van der Waals surface area contributed by atoms with Crippen LogP contribution < -0.4 is 5.32 Å². The third-order valence-electron chi connectivity index (χ3n) is 3.54. The van der Waals surface area contributed by atoms with Gasteiger partial charge in [-0.15, -0.1) is 0 Å². The highest BCUT2D eigenvalue weighted by atomic mass is 19.1. The molecule has 5 heteroatoms. The molecule has 1 aromatic rings. The highest BCUT2D eigenvalue weighted by Crippen LogP contribution is 2.24. The van der Waals surface area contributed by atoms with Crippen molar-refractivity contribution in [2.45, 2.75) is 31.7 Å². The number of methoxy groups -OCH3 is 1. The molecule has 104 valence electrons. The van der Waals surface area contributed by atoms with Crippen LogP contribution >= 0.6 is 0 Å². The SMILES string of the molecule is COCC1CCC(NC(=O)c2ccc(F)cn2)CC1. The Balaban J connectivity index is 1.82. The van der Waals surface area contributed by atoms with Crippen molar-refractivity contribution in [3.05, 3.63) is 29.8 Å². The molecule has 0 unspecified atom stereocenters. The van der Waals surface area contributed by atoms with Gasteiger partial charge in [0.2, 0.25) is 0 Å². The monoisotopic (exact) mass is 266 g/mol. The largest absolute Gasteiger partial charge is 0.384 e. The maximum Gasteiger partial charge on any atom is 0.270 e. The van der Waals surface area contributed by atoms with Crippen LogP contribution in [0.3, 0.4) is 0 Å². The maximum absolute atomic E-state index is 12.7. The molecule has 2 rings (SSSR count). The molecule has 0 atom stereocenters. The quantitative estimate of drug-likeness (QED) is 0.908. The summed E-state index contributed by atoms with van der Waals surface area (Å²) in [6, 6.07) is 2.84. The Bertz CT molecular complexity index is 414. The van der Waals surface area contributed by atoms with Crippen LogP contribution in [0.5, 0.6) is 0 Å². The van der Waals surface area contributed by atoms with E-state index in [1.54, 1.807) is 7.11 Å². The summed E-state index contributed by atoms with van der Waals surface area (Å²) in [5.74, 6) is -0.0612. The lowest BCUT2D eigenvalue weighted by Crippen LogP contribution is -2.38. The Morgan fingerprint density at radius 2 is 2.16 bits per heavy atom. The molecule has 0 saturated heterocycles. The first-order valence-corrected chi connectivity index (χ1v) is 6.60. The van der Waals surface area contributed by atoms with E-state index in [-0.39, 0.29) is 17.6 Å². The van der Waals surface area contributed by atoms with Crippen LogP contribution in [0.25, 0.3) is 0 Å². The summed E-state index contributed by atoms with van der Waals surface area (Å²) in [4.78, 5) is 15.7. The second-order valence-electron chi connectivity index (χ2n) is 5.01. The van der Waals surface area contributed by atoms with Crippen molar-refractivity contribution in [2.24, 2.45) is 5.92 Å². The Kier molecular flexibility index (Phi) is 4.85. The zero-order valence-electron chi connectivity index (χ0n) is 11.1. The highest BCUT2D eigenvalue weighted by Gasteiger charge is 2.22. The smallest absolute Gasteiger partial charge is 0.270 e. The number of nitrogens with one attached hydrogen (secondary N) is 1. The molecule has 1 aromatic heterocycles. The van der Waals surface area contributed by atoms with Gasteiger partial charge >= 0.3 is 0 Å². The lowest BCUT2D eigenvalue weighted by molar-refractivity contribution is 0.0893. The van der Waals surface area contributed by atoms with Gasteiger partial charge in [-0.25, -0.2) is 9.37 Å². The molecule has 1 heterocycles. The van der Waals surface area contributed by atoms with Crippen LogP contribution in [0.2, 0.25) is 0 Å². The Labute approximate surface area is 112 Å². The van der Waals surface area contributed by atoms with Crippen molar-refractivity contribution in [2.75, 3.05) is 13.7 Å². The third-order valence-corrected chi connectivity index (χ3v) is 3.54. The van der Waals surface area contributed by atoms with Gasteiger partial charge in [0, 0.05) is 19.8 Å². The number of nitrogens with zero attached hydrogens (tertiary/aromatic N) is 1. The van der Waals surface area contributed by atoms with E-state index in [4.69, 9.17) is 4.74 Å². The zero-order chi connectivity index (χ0) is 13.7. The molecular weight excluding hydrogens is 247 g/mol. The predicted molar refractivity (Wildman–Crippen MR) is 69.3 cm³/mol. The Hall–Kier alpha value is -1.49. The average molecular weight is 266 g/mol. The summed E-state index contributed by atoms with van der Waals surface area (Å²) >= 11 is 0. The van der Waals surface area contributed by atoms with E-state index in [0.29, 0.717) is 5.92 Å². The maximum atomic E-state index is 12.7. The second kappa shape index (κ2) is 6.61. The van der Waals surface area contributed by atoms with Gasteiger partial charge in [0.15, 0.2) is 0 Å². The molecule has 19 heavy (non-hydrogen) atoms. The number of ether oxygens (including phenoxy) is 1. The molecule has 0 spiro atoms. The first-order valence-electron chi connectivity index (χ1n) is 6.60. The highest BCUT2D eigenvalue weighted by molar-refractivity contribution is 5.92. The van der Waals surface area contributed by atoms with Crippen LogP contribution in [-0.2, 0) is 4.74 Å². The summed E-state index contributed by atoms with van der Waals surface area (Å²) in [7, 11) is 1.72. The van der Waals surface area contributed by atoms with Crippen molar-refractivity contribution in [3.8, 4) is 0 Å². The fourth-order valence-electron chi connectivity index (χ4n) is 2.48. The minimum Gasteiger partial charge on any atom is -0.384 e. The molecular formula is C14H19FN2O2. The molecule has 0 radical (unpaired) electrons. The fraction of sp³-hybridized carbons (Fsp3) is 0.571. The summed E-state index contributed by atoms with van der Waals surface area (Å²) < 4.78 is 17.9. The van der Waals surface area contributed by atoms with Crippen LogP contribution in [0.4, 0.5) is 4.39 Å². The van der Waals surface area contributed by atoms with Crippen LogP contribution in [0, 0.1) is 11.7 Å². The Morgan fingerprint density at radius 3 is 2.74 bits per heavy atom. The van der Waals surface area contributed by atoms with Gasteiger partial charge < -0.3 is 10.1 Å². The minimum atomic E-state index is -0.434. The topological polar surface area (TPSA) is 51.2 Å². The number of carbonyl (C=O) groups is 1. The lowest BCUT2D eigenvalue weighted by Gasteiger charge is -2.28. The summed E-state index contributed by atoms with van der Waals surface area (Å²) in [6.45, 7) is 0.792. The molecule has 1 aliphatic carbocycles. The molecule has 1 N–H and O–H groups in total. The van der Waals surface area contributed by atoms with Crippen molar-refractivity contribution < 1.29 is 13.9 Å². The number of rotatable bonds is 4. The van der Waals surface area contributed by atoms with Gasteiger partial charge in [-0.05, 0) is 43.7 Å². The second-order valence-corrected chi connectivity index (χ2v) is 5.01. The molecule has 0 bridgehead atoms. The average Bonchev–Trinajstić information content (AvgIpc) is 2.42. The predicted octanol–water partition coefficient (Wildman–Crippen LogP) is 2.16. The fourth-order valence-corrected chi connectivity index (χ4v) is 2.48. The van der Waals surface area contributed by atoms with Crippen molar-refractivity contribution >= 4 is 5.91 Å². The summed E-state index contributed by atoms with van der Waals surface area (Å²) in [5.41, 5.74) is 0.264. The summed E-state index contributed by atoms with van der Waals surface area (Å²) in [5, 5.41) is 2.95. The van der Waals surface area contributed by atoms with E-state index < -0.39 is 5.82 Å². The van der Waals surface area contributed by atoms with Crippen LogP contribution in [0.15, 0.2) is 18.3 Å². The van der Waals surface area contributed by atoms with E-state index in [1.165, 1.54) is 12.1 Å². The van der Waals surface area contributed by atoms with Gasteiger partial charge in [0.05, 0.1) is 6.20 Å². The van der Waals surface area contributed by atoms with E-state index in [9.17, 15) is 9.18 Å². The standard InChI is InChI=1S/C14H19FN2O2/c1-19-9-10-2-5-12(6-3-10)17-14(18)13-7-4-11(15)8-16-13/h4,7-8,10,12H,2-3,5-6,9H2,1H3,(H,17,18). The number of aromatic nitrogens is 1. The Morgan fingerprint density at radius 1 is 1.42 bits per heavy atom. The third kappa shape index (κ3) is 3.99. The van der Waals surface area contributed by atoms with Gasteiger partial charge in [0.25, 0.3) is 5.91 Å². The van der Waals surface area contributed by atoms with Crippen molar-refractivity contribution in [3.63, 3.8) is 0 Å². The van der Waals surface area contributed by atoms with E-state index in [0.717, 1.165) is 38.5 Å². The van der Waals surface area contributed by atoms with Crippen molar-refractivity contribution in [1.29, 1.82) is 0 Å². The van der Waals surface area contributed by atoms with Gasteiger partial charge in [-0.3, -0.25) is 4.79 Å². The summed E-state index contributed by atoms with van der Waals surface area (Å²) in [6.07, 6.45) is 5.11. The molecule has 1 aliphatic rings. The van der Waals surface area contributed by atoms with Gasteiger partial charge in [-0.1, -0.05) is 0 Å². The van der Waals surface area contributed by atoms with Gasteiger partial charge in [0.1, 0.15) is 11.5 Å². The normalized spacial score (nSPS) is 23.1. The first-order chi connectivity index (χ1) is 9.19. The first kappa shape index (κ1) is 13.9. The molecule has 0 aliphatic heterocycles. The number of hydrogen-bond donors (Lipinski definition) is 1. The zero-order valence-corrected chi connectivity index (χ0v) is 11.1. The number of amides is 1. The number of pyridine rings is 1. The lowest BCUT2D eigenvalue weighted by atomic mass is 9.86. The number of carbonyl (C=O) groups excluding carboxylic acids is 1. The molecule has 1 amide bonds. The molecule has 0 aromatic carbocycles. The van der Waals surface area contributed by atoms with E-state index in [2.05, 4.69) is 10.3 Å². The number of hydrogen-bond acceptors (Lipinski definition) is 3. The molecule has 4 nitrogen and oxygen atoms in total. The minimum absolute atomic E-state index is 0.187. The number of halogens is 1. The van der Waals surface area contributed by atoms with E-state index in [1.807, 2.05) is 0 Å². The molecule has 1 fully saturated rings.